The molecule has 2 fully saturated rings. The van der Waals surface area contributed by atoms with Crippen molar-refractivity contribution < 1.29 is 9.53 Å². The average molecular weight is 441 g/mol. The van der Waals surface area contributed by atoms with Gasteiger partial charge in [-0.3, -0.25) is 9.69 Å². The van der Waals surface area contributed by atoms with E-state index in [-0.39, 0.29) is 11.8 Å². The summed E-state index contributed by atoms with van der Waals surface area (Å²) in [5.41, 5.74) is 4.79. The highest BCUT2D eigenvalue weighted by atomic mass is 35.5. The van der Waals surface area contributed by atoms with Gasteiger partial charge in [0.15, 0.2) is 0 Å². The molecule has 1 amide bonds. The van der Waals surface area contributed by atoms with E-state index < -0.39 is 0 Å². The summed E-state index contributed by atoms with van der Waals surface area (Å²) in [5, 5.41) is 3.61. The summed E-state index contributed by atoms with van der Waals surface area (Å²) in [7, 11) is 1.70. The van der Waals surface area contributed by atoms with Crippen molar-refractivity contribution in [2.75, 3.05) is 20.1 Å². The third-order valence-corrected chi connectivity index (χ3v) is 7.05. The van der Waals surface area contributed by atoms with Crippen molar-refractivity contribution in [2.45, 2.75) is 58.1 Å². The molecule has 1 N–H and O–H groups in total. The molecule has 5 heteroatoms. The van der Waals surface area contributed by atoms with Gasteiger partial charge in [0.05, 0.1) is 5.92 Å². The van der Waals surface area contributed by atoms with E-state index in [1.807, 2.05) is 0 Å². The Hall–Kier alpha value is -2.04. The lowest BCUT2D eigenvalue weighted by Crippen LogP contribution is -2.52. The van der Waals surface area contributed by atoms with Crippen LogP contribution in [0.2, 0.25) is 5.02 Å². The Morgan fingerprint density at radius 2 is 1.84 bits per heavy atom. The largest absolute Gasteiger partial charge is 0.489 e. The lowest BCUT2D eigenvalue weighted by atomic mass is 9.84. The first-order chi connectivity index (χ1) is 15.0. The Balaban J connectivity index is 1.31. The molecule has 2 aliphatic rings. The third kappa shape index (κ3) is 5.42. The Morgan fingerprint density at radius 1 is 1.10 bits per heavy atom. The maximum absolute atomic E-state index is 11.6. The number of aryl methyl sites for hydroxylation is 1. The van der Waals surface area contributed by atoms with Gasteiger partial charge in [-0.15, -0.1) is 0 Å². The molecule has 1 saturated carbocycles. The Morgan fingerprint density at radius 3 is 2.52 bits per heavy atom. The summed E-state index contributed by atoms with van der Waals surface area (Å²) in [6, 6.07) is 12.8. The van der Waals surface area contributed by atoms with Crippen LogP contribution in [0, 0.1) is 12.8 Å². The summed E-state index contributed by atoms with van der Waals surface area (Å²) in [4.78, 5) is 13.9. The molecule has 0 radical (unpaired) electrons. The molecule has 4 nitrogen and oxygen atoms in total. The van der Waals surface area contributed by atoms with Crippen LogP contribution in [0.4, 0.5) is 0 Å². The highest BCUT2D eigenvalue weighted by molar-refractivity contribution is 6.31. The normalized spacial score (nSPS) is 17.9. The minimum Gasteiger partial charge on any atom is -0.489 e. The first-order valence-corrected chi connectivity index (χ1v) is 11.9. The van der Waals surface area contributed by atoms with Crippen LogP contribution in [-0.2, 0) is 17.9 Å². The van der Waals surface area contributed by atoms with Gasteiger partial charge in [0.25, 0.3) is 0 Å². The maximum Gasteiger partial charge on any atom is 0.225 e. The molecule has 31 heavy (non-hydrogen) atoms. The predicted molar refractivity (Wildman–Crippen MR) is 126 cm³/mol. The zero-order valence-corrected chi connectivity index (χ0v) is 19.4. The topological polar surface area (TPSA) is 41.6 Å². The van der Waals surface area contributed by atoms with Crippen molar-refractivity contribution in [3.63, 3.8) is 0 Å². The van der Waals surface area contributed by atoms with E-state index >= 15 is 0 Å². The van der Waals surface area contributed by atoms with Gasteiger partial charge >= 0.3 is 0 Å². The van der Waals surface area contributed by atoms with Crippen molar-refractivity contribution >= 4 is 17.5 Å². The van der Waals surface area contributed by atoms with E-state index in [2.05, 4.69) is 53.5 Å². The molecule has 0 aromatic heterocycles. The number of likely N-dealkylation sites (tertiary alicyclic amines) is 1. The molecule has 1 aliphatic carbocycles. The highest BCUT2D eigenvalue weighted by Gasteiger charge is 2.31. The molecule has 166 valence electrons. The van der Waals surface area contributed by atoms with Gasteiger partial charge in [-0.2, -0.15) is 0 Å². The number of nitrogens with one attached hydrogen (secondary N) is 1. The molecule has 0 atom stereocenters. The quantitative estimate of drug-likeness (QED) is 0.622. The minimum absolute atomic E-state index is 0.130. The fourth-order valence-corrected chi connectivity index (χ4v) is 5.22. The third-order valence-electron chi connectivity index (χ3n) is 6.72. The molecule has 1 aliphatic heterocycles. The molecule has 2 aromatic carbocycles. The van der Waals surface area contributed by atoms with E-state index in [4.69, 9.17) is 16.3 Å². The smallest absolute Gasteiger partial charge is 0.225 e. The lowest BCUT2D eigenvalue weighted by Gasteiger charge is -2.38. The van der Waals surface area contributed by atoms with Gasteiger partial charge in [-0.25, -0.2) is 0 Å². The van der Waals surface area contributed by atoms with Crippen LogP contribution in [0.5, 0.6) is 5.75 Å². The first kappa shape index (κ1) is 22.2. The van der Waals surface area contributed by atoms with Gasteiger partial charge < -0.3 is 10.1 Å². The Labute approximate surface area is 190 Å². The van der Waals surface area contributed by atoms with Gasteiger partial charge in [0.1, 0.15) is 12.4 Å². The van der Waals surface area contributed by atoms with Crippen LogP contribution in [0.3, 0.4) is 0 Å². The Kier molecular flexibility index (Phi) is 7.19. The molecule has 4 rings (SSSR count). The SMILES string of the molecule is CNC(=O)C1CN(Cc2ccc(OCc3ccc(C4CCCCC4)c(Cl)c3)c(C)c2)C1. The van der Waals surface area contributed by atoms with E-state index in [1.54, 1.807) is 7.05 Å². The number of carbonyl (C=O) groups is 1. The van der Waals surface area contributed by atoms with Crippen LogP contribution in [0.15, 0.2) is 36.4 Å². The second-order valence-corrected chi connectivity index (χ2v) is 9.49. The van der Waals surface area contributed by atoms with Crippen molar-refractivity contribution in [1.29, 1.82) is 0 Å². The molecule has 2 aromatic rings. The van der Waals surface area contributed by atoms with Crippen molar-refractivity contribution in [3.05, 3.63) is 63.7 Å². The summed E-state index contributed by atoms with van der Waals surface area (Å²) in [5.74, 6) is 1.79. The number of hydrogen-bond donors (Lipinski definition) is 1. The van der Waals surface area contributed by atoms with Crippen molar-refractivity contribution in [3.8, 4) is 5.75 Å². The summed E-state index contributed by atoms with van der Waals surface area (Å²) >= 11 is 6.62. The lowest BCUT2D eigenvalue weighted by molar-refractivity contribution is -0.129. The summed E-state index contributed by atoms with van der Waals surface area (Å²) in [6.45, 7) is 5.13. The van der Waals surface area contributed by atoms with Crippen molar-refractivity contribution in [1.82, 2.24) is 10.2 Å². The fourth-order valence-electron chi connectivity index (χ4n) is 4.87. The molecular weight excluding hydrogens is 408 g/mol. The molecule has 0 unspecified atom stereocenters. The van der Waals surface area contributed by atoms with Gasteiger partial charge in [-0.05, 0) is 60.1 Å². The zero-order chi connectivity index (χ0) is 21.8. The minimum atomic E-state index is 0.130. The average Bonchev–Trinajstić information content (AvgIpc) is 2.75. The van der Waals surface area contributed by atoms with Crippen LogP contribution in [0.1, 0.15) is 60.3 Å². The standard InChI is InChI=1S/C26H33ClN2O2/c1-18-12-19(14-29-15-22(16-29)26(30)28-2)9-11-25(18)31-17-20-8-10-23(24(27)13-20)21-6-4-3-5-7-21/h8-13,21-22H,3-7,14-17H2,1-2H3,(H,28,30). The molecule has 1 heterocycles. The van der Waals surface area contributed by atoms with Gasteiger partial charge in [0, 0.05) is 31.7 Å². The monoisotopic (exact) mass is 440 g/mol. The number of hydrogen-bond acceptors (Lipinski definition) is 3. The predicted octanol–water partition coefficient (Wildman–Crippen LogP) is 5.45. The fraction of sp³-hybridized carbons (Fsp3) is 0.500. The number of amides is 1. The number of benzene rings is 2. The number of halogens is 1. The summed E-state index contributed by atoms with van der Waals surface area (Å²) < 4.78 is 6.10. The molecular formula is C26H33ClN2O2. The molecule has 0 spiro atoms. The Bertz CT molecular complexity index is 918. The zero-order valence-electron chi connectivity index (χ0n) is 18.6. The summed E-state index contributed by atoms with van der Waals surface area (Å²) in [6.07, 6.45) is 6.49. The van der Waals surface area contributed by atoms with Crippen LogP contribution in [-0.4, -0.2) is 30.9 Å². The van der Waals surface area contributed by atoms with Crippen LogP contribution >= 0.6 is 11.6 Å². The van der Waals surface area contributed by atoms with Gasteiger partial charge in [0.2, 0.25) is 5.91 Å². The van der Waals surface area contributed by atoms with Crippen molar-refractivity contribution in [2.24, 2.45) is 5.92 Å². The molecule has 0 bridgehead atoms. The second-order valence-electron chi connectivity index (χ2n) is 9.08. The van der Waals surface area contributed by atoms with E-state index in [0.717, 1.165) is 41.5 Å². The number of nitrogens with zero attached hydrogens (tertiary/aromatic N) is 1. The number of carbonyl (C=O) groups excluding carboxylic acids is 1. The van der Waals surface area contributed by atoms with E-state index in [9.17, 15) is 4.79 Å². The second kappa shape index (κ2) is 10.1. The van der Waals surface area contributed by atoms with Gasteiger partial charge in [-0.1, -0.05) is 55.1 Å². The maximum atomic E-state index is 11.6. The van der Waals surface area contributed by atoms with Crippen LogP contribution < -0.4 is 10.1 Å². The van der Waals surface area contributed by atoms with E-state index in [0.29, 0.717) is 12.5 Å². The first-order valence-electron chi connectivity index (χ1n) is 11.5. The number of ether oxygens (including phenoxy) is 1. The van der Waals surface area contributed by atoms with Crippen LogP contribution in [0.25, 0.3) is 0 Å². The van der Waals surface area contributed by atoms with E-state index in [1.165, 1.54) is 43.2 Å². The highest BCUT2D eigenvalue weighted by Crippen LogP contribution is 2.36. The number of rotatable bonds is 7. The molecule has 1 saturated heterocycles.